The second kappa shape index (κ2) is 2.19. The summed E-state index contributed by atoms with van der Waals surface area (Å²) in [5.74, 6) is 1.13. The van der Waals surface area contributed by atoms with Crippen molar-refractivity contribution in [3.8, 4) is 0 Å². The summed E-state index contributed by atoms with van der Waals surface area (Å²) < 4.78 is 0. The number of hydrogen-bond acceptors (Lipinski definition) is 5. The molecule has 0 spiro atoms. The van der Waals surface area contributed by atoms with Crippen LogP contribution in [0.1, 0.15) is 5.69 Å². The van der Waals surface area contributed by atoms with E-state index in [4.69, 9.17) is 5.73 Å². The number of nitrogens with two attached hydrogens (primary N) is 1. The van der Waals surface area contributed by atoms with E-state index in [-0.39, 0.29) is 0 Å². The number of fused-ring (bicyclic) bond motifs is 1. The number of hydrogen-bond donors (Lipinski definition) is 2. The highest BCUT2D eigenvalue weighted by Crippen LogP contribution is 2.11. The van der Waals surface area contributed by atoms with Gasteiger partial charge in [0.15, 0.2) is 5.82 Å². The lowest BCUT2D eigenvalue weighted by Crippen LogP contribution is -2.12. The Morgan fingerprint density at radius 3 is 3.36 bits per heavy atom. The number of nitrogen functional groups attached to an aromatic ring is 1. The molecule has 2 heterocycles. The highest BCUT2D eigenvalue weighted by atomic mass is 15.1. The van der Waals surface area contributed by atoms with Crippen molar-refractivity contribution < 1.29 is 0 Å². The van der Waals surface area contributed by atoms with E-state index in [1.807, 2.05) is 0 Å². The van der Waals surface area contributed by atoms with Gasteiger partial charge in [-0.1, -0.05) is 0 Å². The topological polar surface area (TPSA) is 76.2 Å². The van der Waals surface area contributed by atoms with Crippen LogP contribution in [0.3, 0.4) is 0 Å². The molecule has 0 aliphatic carbocycles. The molecule has 0 unspecified atom stereocenters. The summed E-state index contributed by atoms with van der Waals surface area (Å²) in [6.07, 6.45) is 3.19. The molecule has 0 aromatic carbocycles. The molecule has 1 aromatic rings. The molecule has 0 atom stereocenters. The molecule has 2 rings (SSSR count). The Morgan fingerprint density at radius 2 is 2.45 bits per heavy atom. The largest absolute Gasteiger partial charge is 0.382 e. The summed E-state index contributed by atoms with van der Waals surface area (Å²) in [5, 5.41) is 2.95. The fourth-order valence-corrected chi connectivity index (χ4v) is 0.889. The second-order valence-corrected chi connectivity index (χ2v) is 2.18. The van der Waals surface area contributed by atoms with E-state index in [0.29, 0.717) is 18.3 Å². The maximum absolute atomic E-state index is 5.42. The number of nitrogens with zero attached hydrogens (tertiary/aromatic N) is 3. The Balaban J connectivity index is 2.53. The summed E-state index contributed by atoms with van der Waals surface area (Å²) in [7, 11) is 0. The standard InChI is InChI=1S/C6H7N5/c7-5-2-9-4-1-8-3-10-6(4)11-5/h1-2H,3H2,(H3,7,10,11). The summed E-state index contributed by atoms with van der Waals surface area (Å²) in [4.78, 5) is 12.0. The summed E-state index contributed by atoms with van der Waals surface area (Å²) in [5.41, 5.74) is 6.16. The molecule has 0 bridgehead atoms. The van der Waals surface area contributed by atoms with E-state index >= 15 is 0 Å². The van der Waals surface area contributed by atoms with Crippen molar-refractivity contribution in [3.05, 3.63) is 11.9 Å². The van der Waals surface area contributed by atoms with Crippen LogP contribution in [0.5, 0.6) is 0 Å². The first-order valence-corrected chi connectivity index (χ1v) is 3.22. The van der Waals surface area contributed by atoms with Crippen LogP contribution < -0.4 is 11.1 Å². The third-order valence-corrected chi connectivity index (χ3v) is 1.37. The zero-order valence-corrected chi connectivity index (χ0v) is 5.78. The smallest absolute Gasteiger partial charge is 0.157 e. The third-order valence-electron chi connectivity index (χ3n) is 1.37. The summed E-state index contributed by atoms with van der Waals surface area (Å²) in [6.45, 7) is 0.547. The normalized spacial score (nSPS) is 13.8. The summed E-state index contributed by atoms with van der Waals surface area (Å²) in [6, 6.07) is 0. The number of nitrogens with one attached hydrogen (secondary N) is 1. The van der Waals surface area contributed by atoms with Crippen LogP contribution in [0.25, 0.3) is 0 Å². The zero-order chi connectivity index (χ0) is 7.68. The second-order valence-electron chi connectivity index (χ2n) is 2.18. The zero-order valence-electron chi connectivity index (χ0n) is 5.78. The van der Waals surface area contributed by atoms with Gasteiger partial charge in [0.1, 0.15) is 18.2 Å². The molecular formula is C6H7N5. The maximum Gasteiger partial charge on any atom is 0.157 e. The van der Waals surface area contributed by atoms with Gasteiger partial charge < -0.3 is 11.1 Å². The minimum atomic E-state index is 0.423. The van der Waals surface area contributed by atoms with Gasteiger partial charge in [-0.2, -0.15) is 0 Å². The van der Waals surface area contributed by atoms with E-state index in [0.717, 1.165) is 5.69 Å². The van der Waals surface area contributed by atoms with Gasteiger partial charge in [-0.25, -0.2) is 9.97 Å². The molecule has 11 heavy (non-hydrogen) atoms. The Kier molecular flexibility index (Phi) is 1.21. The molecule has 0 fully saturated rings. The molecule has 3 N–H and O–H groups in total. The number of aliphatic imine (C=N–C) groups is 1. The number of rotatable bonds is 0. The Labute approximate surface area is 63.4 Å². The van der Waals surface area contributed by atoms with E-state index in [9.17, 15) is 0 Å². The molecule has 56 valence electrons. The van der Waals surface area contributed by atoms with Crippen molar-refractivity contribution in [2.75, 3.05) is 17.7 Å². The molecule has 1 aliphatic rings. The van der Waals surface area contributed by atoms with Gasteiger partial charge in [0.25, 0.3) is 0 Å². The minimum Gasteiger partial charge on any atom is -0.382 e. The molecule has 0 amide bonds. The fraction of sp³-hybridized carbons (Fsp3) is 0.167. The molecule has 1 aliphatic heterocycles. The summed E-state index contributed by atoms with van der Waals surface area (Å²) >= 11 is 0. The maximum atomic E-state index is 5.42. The molecule has 1 aromatic heterocycles. The average molecular weight is 149 g/mol. The first-order chi connectivity index (χ1) is 5.36. The first-order valence-electron chi connectivity index (χ1n) is 3.22. The van der Waals surface area contributed by atoms with E-state index in [1.54, 1.807) is 6.21 Å². The third kappa shape index (κ3) is 1.000. The van der Waals surface area contributed by atoms with Crippen molar-refractivity contribution in [2.24, 2.45) is 4.99 Å². The van der Waals surface area contributed by atoms with Crippen LogP contribution in [0.2, 0.25) is 0 Å². The van der Waals surface area contributed by atoms with Gasteiger partial charge in [-0.15, -0.1) is 0 Å². The average Bonchev–Trinajstić information content (AvgIpc) is 2.04. The van der Waals surface area contributed by atoms with E-state index < -0.39 is 0 Å². The van der Waals surface area contributed by atoms with Crippen LogP contribution >= 0.6 is 0 Å². The molecule has 0 radical (unpaired) electrons. The lowest BCUT2D eigenvalue weighted by molar-refractivity contribution is 1.06. The van der Waals surface area contributed by atoms with Crippen molar-refractivity contribution in [3.63, 3.8) is 0 Å². The van der Waals surface area contributed by atoms with E-state index in [2.05, 4.69) is 20.3 Å². The van der Waals surface area contributed by atoms with Crippen LogP contribution in [0.15, 0.2) is 11.2 Å². The lowest BCUT2D eigenvalue weighted by atomic mass is 10.4. The molecule has 5 nitrogen and oxygen atoms in total. The Bertz CT molecular complexity index is 306. The predicted molar refractivity (Wildman–Crippen MR) is 42.5 cm³/mol. The monoisotopic (exact) mass is 149 g/mol. The molecular weight excluding hydrogens is 142 g/mol. The number of aromatic nitrogens is 2. The highest BCUT2D eigenvalue weighted by Gasteiger charge is 2.06. The van der Waals surface area contributed by atoms with Crippen molar-refractivity contribution in [1.82, 2.24) is 9.97 Å². The number of anilines is 2. The SMILES string of the molecule is Nc1cnc2c(n1)NCN=C2. The van der Waals surface area contributed by atoms with Crippen molar-refractivity contribution in [1.29, 1.82) is 0 Å². The fourth-order valence-electron chi connectivity index (χ4n) is 0.889. The van der Waals surface area contributed by atoms with Crippen LogP contribution in [-0.4, -0.2) is 22.9 Å². The Morgan fingerprint density at radius 1 is 1.55 bits per heavy atom. The van der Waals surface area contributed by atoms with Gasteiger partial charge in [0.2, 0.25) is 0 Å². The quantitative estimate of drug-likeness (QED) is 0.538. The van der Waals surface area contributed by atoms with Crippen LogP contribution in [0.4, 0.5) is 11.6 Å². The van der Waals surface area contributed by atoms with Gasteiger partial charge in [-0.3, -0.25) is 4.99 Å². The van der Waals surface area contributed by atoms with Gasteiger partial charge in [0, 0.05) is 0 Å². The van der Waals surface area contributed by atoms with E-state index in [1.165, 1.54) is 6.20 Å². The van der Waals surface area contributed by atoms with Gasteiger partial charge in [0.05, 0.1) is 12.4 Å². The molecule has 5 heteroatoms. The van der Waals surface area contributed by atoms with Crippen molar-refractivity contribution in [2.45, 2.75) is 0 Å². The lowest BCUT2D eigenvalue weighted by Gasteiger charge is -2.09. The predicted octanol–water partition coefficient (Wildman–Crippen LogP) is -0.139. The van der Waals surface area contributed by atoms with Gasteiger partial charge >= 0.3 is 0 Å². The minimum absolute atomic E-state index is 0.423. The molecule has 0 saturated carbocycles. The first kappa shape index (κ1) is 6.09. The Hall–Kier alpha value is -1.65. The van der Waals surface area contributed by atoms with Crippen molar-refractivity contribution >= 4 is 17.9 Å². The highest BCUT2D eigenvalue weighted by molar-refractivity contribution is 5.85. The van der Waals surface area contributed by atoms with Crippen LogP contribution in [0, 0.1) is 0 Å². The van der Waals surface area contributed by atoms with Gasteiger partial charge in [-0.05, 0) is 0 Å². The van der Waals surface area contributed by atoms with Crippen LogP contribution in [-0.2, 0) is 0 Å². The molecule has 0 saturated heterocycles.